The zero-order valence-electron chi connectivity index (χ0n) is 10.1. The Balaban J connectivity index is 2.40. The number of hydrogen-bond donors (Lipinski definition) is 2. The number of nitrogens with one attached hydrogen (secondary N) is 2. The maximum Gasteiger partial charge on any atom is 0.387 e. The van der Waals surface area contributed by atoms with Gasteiger partial charge in [-0.3, -0.25) is 0 Å². The number of unbranched alkanes of at least 4 members (excludes halogenated alkanes) is 1. The number of urea groups is 1. The highest BCUT2D eigenvalue weighted by Gasteiger charge is 2.04. The summed E-state index contributed by atoms with van der Waals surface area (Å²) in [6, 6.07) is 5.42. The monoisotopic (exact) mass is 258 g/mol. The van der Waals surface area contributed by atoms with Crippen molar-refractivity contribution in [2.75, 3.05) is 11.9 Å². The summed E-state index contributed by atoms with van der Waals surface area (Å²) in [7, 11) is 0. The molecule has 0 aliphatic rings. The van der Waals surface area contributed by atoms with Gasteiger partial charge < -0.3 is 15.4 Å². The van der Waals surface area contributed by atoms with Crippen LogP contribution in [-0.4, -0.2) is 19.2 Å². The number of rotatable bonds is 6. The molecule has 2 N–H and O–H groups in total. The lowest BCUT2D eigenvalue weighted by Crippen LogP contribution is -2.29. The van der Waals surface area contributed by atoms with Crippen LogP contribution in [0.4, 0.5) is 19.3 Å². The Bertz CT molecular complexity index is 369. The zero-order valence-corrected chi connectivity index (χ0v) is 10.1. The minimum absolute atomic E-state index is 0.0574. The van der Waals surface area contributed by atoms with Gasteiger partial charge in [-0.2, -0.15) is 8.78 Å². The molecule has 4 nitrogen and oxygen atoms in total. The first kappa shape index (κ1) is 14.2. The maximum absolute atomic E-state index is 11.9. The van der Waals surface area contributed by atoms with E-state index in [1.165, 1.54) is 24.3 Å². The van der Waals surface area contributed by atoms with Crippen molar-refractivity contribution in [3.8, 4) is 5.75 Å². The van der Waals surface area contributed by atoms with Crippen LogP contribution < -0.4 is 15.4 Å². The van der Waals surface area contributed by atoms with Crippen LogP contribution in [0.1, 0.15) is 19.8 Å². The summed E-state index contributed by atoms with van der Waals surface area (Å²) >= 11 is 0. The SMILES string of the molecule is CCCCNC(=O)Nc1ccc(OC(F)F)cc1. The summed E-state index contributed by atoms with van der Waals surface area (Å²) in [6.07, 6.45) is 1.91. The Kier molecular flexibility index (Phi) is 5.90. The van der Waals surface area contributed by atoms with Crippen LogP contribution in [0.3, 0.4) is 0 Å². The van der Waals surface area contributed by atoms with E-state index in [2.05, 4.69) is 15.4 Å². The topological polar surface area (TPSA) is 50.4 Å². The number of alkyl halides is 2. The number of amides is 2. The number of halogens is 2. The second-order valence-corrected chi connectivity index (χ2v) is 3.64. The highest BCUT2D eigenvalue weighted by Crippen LogP contribution is 2.17. The van der Waals surface area contributed by atoms with Crippen molar-refractivity contribution < 1.29 is 18.3 Å². The van der Waals surface area contributed by atoms with Crippen molar-refractivity contribution in [3.63, 3.8) is 0 Å². The minimum Gasteiger partial charge on any atom is -0.435 e. The molecule has 0 heterocycles. The number of carbonyl (C=O) groups excluding carboxylic acids is 1. The number of hydrogen-bond acceptors (Lipinski definition) is 2. The van der Waals surface area contributed by atoms with Gasteiger partial charge in [-0.1, -0.05) is 13.3 Å². The molecule has 0 unspecified atom stereocenters. The molecule has 0 fully saturated rings. The van der Waals surface area contributed by atoms with Gasteiger partial charge in [0.05, 0.1) is 0 Å². The van der Waals surface area contributed by atoms with E-state index >= 15 is 0 Å². The fourth-order valence-corrected chi connectivity index (χ4v) is 1.27. The van der Waals surface area contributed by atoms with Crippen molar-refractivity contribution in [3.05, 3.63) is 24.3 Å². The number of benzene rings is 1. The van der Waals surface area contributed by atoms with E-state index in [9.17, 15) is 13.6 Å². The van der Waals surface area contributed by atoms with E-state index in [0.717, 1.165) is 12.8 Å². The molecule has 0 saturated carbocycles. The average Bonchev–Trinajstić information content (AvgIpc) is 2.31. The Morgan fingerprint density at radius 3 is 2.56 bits per heavy atom. The van der Waals surface area contributed by atoms with E-state index in [1.807, 2.05) is 6.92 Å². The predicted octanol–water partition coefficient (Wildman–Crippen LogP) is 3.21. The molecule has 0 aromatic heterocycles. The van der Waals surface area contributed by atoms with Gasteiger partial charge in [-0.15, -0.1) is 0 Å². The van der Waals surface area contributed by atoms with Crippen molar-refractivity contribution in [2.24, 2.45) is 0 Å². The third-order valence-corrected chi connectivity index (χ3v) is 2.15. The lowest BCUT2D eigenvalue weighted by Gasteiger charge is -2.08. The first-order chi connectivity index (χ1) is 8.61. The first-order valence-electron chi connectivity index (χ1n) is 5.71. The number of anilines is 1. The van der Waals surface area contributed by atoms with Crippen molar-refractivity contribution >= 4 is 11.7 Å². The molecule has 0 atom stereocenters. The molecule has 18 heavy (non-hydrogen) atoms. The summed E-state index contributed by atoms with van der Waals surface area (Å²) in [5.41, 5.74) is 0.519. The maximum atomic E-state index is 11.9. The molecule has 6 heteroatoms. The molecule has 0 bridgehead atoms. The molecular weight excluding hydrogens is 242 g/mol. The van der Waals surface area contributed by atoms with Gasteiger partial charge in [0.1, 0.15) is 5.75 Å². The van der Waals surface area contributed by atoms with Gasteiger partial charge >= 0.3 is 12.6 Å². The second-order valence-electron chi connectivity index (χ2n) is 3.64. The van der Waals surface area contributed by atoms with E-state index in [4.69, 9.17) is 0 Å². The summed E-state index contributed by atoms with van der Waals surface area (Å²) in [5.74, 6) is 0.0574. The highest BCUT2D eigenvalue weighted by atomic mass is 19.3. The van der Waals surface area contributed by atoms with Gasteiger partial charge in [0.15, 0.2) is 0 Å². The molecule has 1 aromatic carbocycles. The van der Waals surface area contributed by atoms with Gasteiger partial charge in [-0.25, -0.2) is 4.79 Å². The molecule has 0 saturated heterocycles. The Morgan fingerprint density at radius 2 is 2.00 bits per heavy atom. The third kappa shape index (κ3) is 5.47. The standard InChI is InChI=1S/C12H16F2N2O2/c1-2-3-8-15-12(17)16-9-4-6-10(7-5-9)18-11(13)14/h4-7,11H,2-3,8H2,1H3,(H2,15,16,17). The molecule has 100 valence electrons. The van der Waals surface area contributed by atoms with E-state index in [0.29, 0.717) is 12.2 Å². The molecule has 0 aliphatic carbocycles. The predicted molar refractivity (Wildman–Crippen MR) is 65.0 cm³/mol. The Labute approximate surface area is 104 Å². The van der Waals surface area contributed by atoms with Crippen molar-refractivity contribution in [2.45, 2.75) is 26.4 Å². The van der Waals surface area contributed by atoms with Crippen molar-refractivity contribution in [1.82, 2.24) is 5.32 Å². The van der Waals surface area contributed by atoms with Crippen LogP contribution in [-0.2, 0) is 0 Å². The second kappa shape index (κ2) is 7.47. The fraction of sp³-hybridized carbons (Fsp3) is 0.417. The summed E-state index contributed by atoms with van der Waals surface area (Å²) in [6.45, 7) is -0.211. The molecule has 0 spiro atoms. The van der Waals surface area contributed by atoms with Gasteiger partial charge in [0, 0.05) is 12.2 Å². The Morgan fingerprint density at radius 1 is 1.33 bits per heavy atom. The molecular formula is C12H16F2N2O2. The summed E-state index contributed by atoms with van der Waals surface area (Å²) < 4.78 is 28.0. The first-order valence-corrected chi connectivity index (χ1v) is 5.71. The van der Waals surface area contributed by atoms with Gasteiger partial charge in [0.2, 0.25) is 0 Å². The van der Waals surface area contributed by atoms with Gasteiger partial charge in [0.25, 0.3) is 0 Å². The smallest absolute Gasteiger partial charge is 0.387 e. The normalized spacial score (nSPS) is 10.2. The molecule has 0 aliphatic heterocycles. The molecule has 1 aromatic rings. The number of ether oxygens (including phenoxy) is 1. The zero-order chi connectivity index (χ0) is 13.4. The lowest BCUT2D eigenvalue weighted by molar-refractivity contribution is -0.0498. The van der Waals surface area contributed by atoms with Crippen LogP contribution in [0.15, 0.2) is 24.3 Å². The molecule has 1 rings (SSSR count). The van der Waals surface area contributed by atoms with Crippen LogP contribution in [0, 0.1) is 0 Å². The van der Waals surface area contributed by atoms with E-state index in [1.54, 1.807) is 0 Å². The average molecular weight is 258 g/mol. The van der Waals surface area contributed by atoms with E-state index < -0.39 is 6.61 Å². The minimum atomic E-state index is -2.85. The number of carbonyl (C=O) groups is 1. The van der Waals surface area contributed by atoms with Crippen molar-refractivity contribution in [1.29, 1.82) is 0 Å². The Hall–Kier alpha value is -1.85. The quantitative estimate of drug-likeness (QED) is 0.770. The molecule has 0 radical (unpaired) electrons. The van der Waals surface area contributed by atoms with Crippen LogP contribution in [0.2, 0.25) is 0 Å². The molecule has 2 amide bonds. The third-order valence-electron chi connectivity index (χ3n) is 2.15. The van der Waals surface area contributed by atoms with Gasteiger partial charge in [-0.05, 0) is 30.7 Å². The largest absolute Gasteiger partial charge is 0.435 e. The lowest BCUT2D eigenvalue weighted by atomic mass is 10.3. The highest BCUT2D eigenvalue weighted by molar-refractivity contribution is 5.89. The van der Waals surface area contributed by atoms with Crippen LogP contribution >= 0.6 is 0 Å². The summed E-state index contributed by atoms with van der Waals surface area (Å²) in [4.78, 5) is 11.4. The van der Waals surface area contributed by atoms with Crippen LogP contribution in [0.5, 0.6) is 5.75 Å². The fourth-order valence-electron chi connectivity index (χ4n) is 1.27. The van der Waals surface area contributed by atoms with Crippen LogP contribution in [0.25, 0.3) is 0 Å². The summed E-state index contributed by atoms with van der Waals surface area (Å²) in [5, 5.41) is 5.27. The van der Waals surface area contributed by atoms with E-state index in [-0.39, 0.29) is 11.8 Å².